The average Bonchev–Trinajstić information content (AvgIpc) is 2.93. The number of carbonyl (C=O) groups excluding carboxylic acids is 1. The number of nitrogens with one attached hydrogen (secondary N) is 1. The zero-order valence-corrected chi connectivity index (χ0v) is 24.9. The van der Waals surface area contributed by atoms with Crippen molar-refractivity contribution in [2.24, 2.45) is 11.8 Å². The topological polar surface area (TPSA) is 95.9 Å². The van der Waals surface area contributed by atoms with E-state index in [1.54, 1.807) is 18.2 Å². The number of aliphatic hydroxyl groups excluding tert-OH is 1. The highest BCUT2D eigenvalue weighted by atomic mass is 35.5. The van der Waals surface area contributed by atoms with E-state index >= 15 is 0 Å². The number of amides is 1. The van der Waals surface area contributed by atoms with E-state index in [2.05, 4.69) is 9.62 Å². The molecule has 2 aromatic rings. The first-order valence-electron chi connectivity index (χ1n) is 14.8. The molecule has 2 aliphatic heterocycles. The molecule has 2 heterocycles. The van der Waals surface area contributed by atoms with Gasteiger partial charge in [-0.2, -0.15) is 0 Å². The summed E-state index contributed by atoms with van der Waals surface area (Å²) in [6, 6.07) is 11.1. The summed E-state index contributed by atoms with van der Waals surface area (Å²) >= 11 is 6.30. The van der Waals surface area contributed by atoms with Crippen LogP contribution in [0.2, 0.25) is 5.02 Å². The Morgan fingerprint density at radius 3 is 2.62 bits per heavy atom. The fourth-order valence-electron chi connectivity index (χ4n) is 6.48. The van der Waals surface area contributed by atoms with E-state index in [9.17, 15) is 18.3 Å². The molecule has 0 radical (unpaired) electrons. The van der Waals surface area contributed by atoms with Crippen LogP contribution in [0.15, 0.2) is 36.4 Å². The average molecular weight is 589 g/mol. The van der Waals surface area contributed by atoms with Gasteiger partial charge in [0.1, 0.15) is 12.4 Å². The van der Waals surface area contributed by atoms with Gasteiger partial charge in [-0.25, -0.2) is 13.1 Å². The second-order valence-electron chi connectivity index (χ2n) is 11.6. The number of rotatable bonds is 1. The monoisotopic (exact) mass is 588 g/mol. The number of halogens is 1. The largest absolute Gasteiger partial charge is 0.487 e. The van der Waals surface area contributed by atoms with Crippen molar-refractivity contribution in [3.63, 3.8) is 0 Å². The molecule has 218 valence electrons. The van der Waals surface area contributed by atoms with Gasteiger partial charge in [-0.05, 0) is 105 Å². The summed E-state index contributed by atoms with van der Waals surface area (Å²) in [5.41, 5.74) is 3.35. The van der Waals surface area contributed by atoms with Gasteiger partial charge in [0.2, 0.25) is 10.0 Å². The van der Waals surface area contributed by atoms with Gasteiger partial charge < -0.3 is 14.7 Å². The van der Waals surface area contributed by atoms with Crippen molar-refractivity contribution in [2.75, 3.05) is 18.0 Å². The van der Waals surface area contributed by atoms with E-state index in [1.165, 1.54) is 5.56 Å². The first-order valence-corrected chi connectivity index (χ1v) is 16.7. The summed E-state index contributed by atoms with van der Waals surface area (Å²) in [6.45, 7) is 3.74. The Hall–Kier alpha value is -2.29. The number of nitrogens with zero attached hydrogens (tertiary/aromatic N) is 1. The number of aliphatic hydroxyl groups is 1. The molecule has 1 unspecified atom stereocenters. The van der Waals surface area contributed by atoms with Crippen LogP contribution in [0.25, 0.3) is 0 Å². The molecule has 1 aliphatic carbocycles. The van der Waals surface area contributed by atoms with Crippen LogP contribution in [0.3, 0.4) is 0 Å². The van der Waals surface area contributed by atoms with Crippen LogP contribution in [0.5, 0.6) is 5.75 Å². The molecule has 40 heavy (non-hydrogen) atoms. The minimum absolute atomic E-state index is 0.235. The molecular formula is C31H41ClN2O5S. The number of carbonyl (C=O) groups is 1. The fraction of sp³-hybridized carbons (Fsp3) is 0.581. The Morgan fingerprint density at radius 1 is 1.02 bits per heavy atom. The highest BCUT2D eigenvalue weighted by Gasteiger charge is 2.37. The van der Waals surface area contributed by atoms with Crippen LogP contribution in [0.4, 0.5) is 5.69 Å². The summed E-state index contributed by atoms with van der Waals surface area (Å²) in [4.78, 5) is 15.6. The molecule has 0 aromatic heterocycles. The molecule has 5 rings (SSSR count). The first kappa shape index (κ1) is 29.2. The number of fused-ring (bicyclic) bond motifs is 3. The van der Waals surface area contributed by atoms with Crippen molar-refractivity contribution in [3.8, 4) is 5.75 Å². The third-order valence-corrected chi connectivity index (χ3v) is 11.2. The third kappa shape index (κ3) is 6.60. The summed E-state index contributed by atoms with van der Waals surface area (Å²) < 4.78 is 35.0. The highest BCUT2D eigenvalue weighted by Crippen LogP contribution is 2.41. The molecule has 2 bridgehead atoms. The van der Waals surface area contributed by atoms with Crippen molar-refractivity contribution in [2.45, 2.75) is 89.1 Å². The number of anilines is 1. The number of sulfonamides is 1. The van der Waals surface area contributed by atoms with E-state index in [0.717, 1.165) is 62.9 Å². The zero-order chi connectivity index (χ0) is 28.3. The molecule has 0 spiro atoms. The maximum atomic E-state index is 13.3. The van der Waals surface area contributed by atoms with Gasteiger partial charge in [0, 0.05) is 23.7 Å². The standard InChI is InChI=1S/C31H41ClN2O5S/c1-2-26-8-3-4-9-29(35)27-14-11-23(27)19-34-16-6-5-7-21-17-25(32)13-10-24(21)20-39-30-15-12-22(18-28(30)34)31(36)33-40(26,37)38/h10,12-13,15,17-18,23,26-27,29,35H,2-9,11,14,16,19-20H2,1H3,(H,33,36)/t23-,26+,27?,29-/m0/s1. The van der Waals surface area contributed by atoms with Gasteiger partial charge >= 0.3 is 0 Å². The van der Waals surface area contributed by atoms with Crippen LogP contribution in [0.1, 0.15) is 86.2 Å². The Bertz CT molecular complexity index is 1320. The third-order valence-electron chi connectivity index (χ3n) is 9.07. The lowest BCUT2D eigenvalue weighted by molar-refractivity contribution is 0.00934. The van der Waals surface area contributed by atoms with Crippen molar-refractivity contribution in [1.29, 1.82) is 0 Å². The molecule has 2 N–H and O–H groups in total. The summed E-state index contributed by atoms with van der Waals surface area (Å²) in [5, 5.41) is 11.1. The molecule has 1 fully saturated rings. The van der Waals surface area contributed by atoms with Crippen molar-refractivity contribution in [3.05, 3.63) is 58.1 Å². The molecule has 7 nitrogen and oxygen atoms in total. The summed E-state index contributed by atoms with van der Waals surface area (Å²) in [7, 11) is -3.84. The molecule has 3 aliphatic rings. The quantitative estimate of drug-likeness (QED) is 0.433. The first-order chi connectivity index (χ1) is 19.2. The van der Waals surface area contributed by atoms with Gasteiger partial charge in [-0.15, -0.1) is 0 Å². The fourth-order valence-corrected chi connectivity index (χ4v) is 8.13. The Labute approximate surface area is 243 Å². The molecule has 1 saturated carbocycles. The van der Waals surface area contributed by atoms with Gasteiger partial charge in [-0.3, -0.25) is 4.79 Å². The molecule has 2 aromatic carbocycles. The number of benzene rings is 2. The Morgan fingerprint density at radius 2 is 1.85 bits per heavy atom. The molecule has 0 saturated heterocycles. The van der Waals surface area contributed by atoms with E-state index in [4.69, 9.17) is 16.3 Å². The van der Waals surface area contributed by atoms with Crippen molar-refractivity contribution < 1.29 is 23.1 Å². The SMILES string of the molecule is CC[C@@H]1CCCC[C@H](O)C2CC[C@H]2CN2CCCCc3cc(Cl)ccc3COc3ccc(cc32)C(=O)NS1(=O)=O. The van der Waals surface area contributed by atoms with Gasteiger partial charge in [0.15, 0.2) is 0 Å². The number of aryl methyl sites for hydroxylation is 1. The minimum Gasteiger partial charge on any atom is -0.487 e. The van der Waals surface area contributed by atoms with Crippen molar-refractivity contribution >= 4 is 33.2 Å². The Kier molecular flexibility index (Phi) is 9.28. The maximum Gasteiger partial charge on any atom is 0.264 e. The molecular weight excluding hydrogens is 548 g/mol. The zero-order valence-electron chi connectivity index (χ0n) is 23.3. The van der Waals surface area contributed by atoms with Gasteiger partial charge in [0.05, 0.1) is 17.0 Å². The molecule has 4 atom stereocenters. The van der Waals surface area contributed by atoms with E-state index in [0.29, 0.717) is 54.5 Å². The Balaban J connectivity index is 1.52. The second-order valence-corrected chi connectivity index (χ2v) is 14.0. The second kappa shape index (κ2) is 12.7. The summed E-state index contributed by atoms with van der Waals surface area (Å²) in [6.07, 6.45) is 7.56. The number of hydrogen-bond donors (Lipinski definition) is 2. The lowest BCUT2D eigenvalue weighted by atomic mass is 9.69. The van der Waals surface area contributed by atoms with E-state index in [-0.39, 0.29) is 12.0 Å². The lowest BCUT2D eigenvalue weighted by Gasteiger charge is -2.43. The smallest absolute Gasteiger partial charge is 0.264 e. The number of ether oxygens (including phenoxy) is 1. The summed E-state index contributed by atoms with van der Waals surface area (Å²) in [5.74, 6) is 0.642. The lowest BCUT2D eigenvalue weighted by Crippen LogP contribution is -2.44. The van der Waals surface area contributed by atoms with E-state index in [1.807, 2.05) is 25.1 Å². The predicted molar refractivity (Wildman–Crippen MR) is 159 cm³/mol. The highest BCUT2D eigenvalue weighted by molar-refractivity contribution is 7.90. The maximum absolute atomic E-state index is 13.3. The number of hydrogen-bond acceptors (Lipinski definition) is 6. The van der Waals surface area contributed by atoms with Crippen LogP contribution in [0, 0.1) is 11.8 Å². The van der Waals surface area contributed by atoms with Crippen LogP contribution >= 0.6 is 11.6 Å². The minimum atomic E-state index is -3.84. The van der Waals surface area contributed by atoms with Crippen LogP contribution in [-0.2, 0) is 23.1 Å². The molecule has 9 heteroatoms. The van der Waals surface area contributed by atoms with Gasteiger partial charge in [-0.1, -0.05) is 37.4 Å². The van der Waals surface area contributed by atoms with E-state index < -0.39 is 21.2 Å². The van der Waals surface area contributed by atoms with Crippen LogP contribution < -0.4 is 14.4 Å². The van der Waals surface area contributed by atoms with Gasteiger partial charge in [0.25, 0.3) is 5.91 Å². The van der Waals surface area contributed by atoms with Crippen molar-refractivity contribution in [1.82, 2.24) is 4.72 Å². The normalized spacial score (nSPS) is 27.6. The molecule has 1 amide bonds. The van der Waals surface area contributed by atoms with Crippen LogP contribution in [-0.4, -0.2) is 43.9 Å². The predicted octanol–water partition coefficient (Wildman–Crippen LogP) is 5.86.